The summed E-state index contributed by atoms with van der Waals surface area (Å²) in [7, 11) is 0. The monoisotopic (exact) mass is 279 g/mol. The van der Waals surface area contributed by atoms with Crippen molar-refractivity contribution in [3.8, 4) is 0 Å². The number of aromatic nitrogens is 1. The van der Waals surface area contributed by atoms with Crippen LogP contribution in [0.25, 0.3) is 10.9 Å². The van der Waals surface area contributed by atoms with Crippen LogP contribution in [0.15, 0.2) is 30.3 Å². The first-order valence-corrected chi connectivity index (χ1v) is 5.71. The highest BCUT2D eigenvalue weighted by molar-refractivity contribution is 6.35. The Hall–Kier alpha value is -2.18. The maximum Gasteiger partial charge on any atom is 0.293 e. The summed E-state index contributed by atoms with van der Waals surface area (Å²) in [5.74, 6) is -1.29. The van der Waals surface area contributed by atoms with Gasteiger partial charge in [-0.1, -0.05) is 29.8 Å². The number of fused-ring (bicyclic) bond motifs is 1. The molecule has 1 aromatic heterocycles. The molecular weight excluding hydrogens is 270 g/mol. The van der Waals surface area contributed by atoms with Crippen molar-refractivity contribution in [2.24, 2.45) is 5.73 Å². The lowest BCUT2D eigenvalue weighted by Gasteiger charge is -2.06. The summed E-state index contributed by atoms with van der Waals surface area (Å²) >= 11 is 6.06. The molecule has 0 aliphatic rings. The number of hydroxylamine groups is 1. The molecule has 1 aromatic carbocycles. The topological polar surface area (TPSA) is 94.3 Å². The van der Waals surface area contributed by atoms with Gasteiger partial charge in [0, 0.05) is 5.39 Å². The lowest BCUT2D eigenvalue weighted by atomic mass is 10.2. The smallest absolute Gasteiger partial charge is 0.293 e. The Morgan fingerprint density at radius 1 is 1.37 bits per heavy atom. The largest absolute Gasteiger partial charge is 0.368 e. The number of primary amides is 1. The van der Waals surface area contributed by atoms with Crippen molar-refractivity contribution in [2.45, 2.75) is 0 Å². The Labute approximate surface area is 113 Å². The van der Waals surface area contributed by atoms with Gasteiger partial charge in [-0.3, -0.25) is 14.4 Å². The van der Waals surface area contributed by atoms with Crippen LogP contribution in [-0.4, -0.2) is 23.4 Å². The van der Waals surface area contributed by atoms with Crippen molar-refractivity contribution in [3.05, 3.63) is 41.0 Å². The van der Waals surface area contributed by atoms with E-state index in [1.54, 1.807) is 18.2 Å². The minimum absolute atomic E-state index is 0.0909. The molecule has 2 rings (SSSR count). The molecule has 7 heteroatoms. The molecule has 0 aliphatic carbocycles. The molecular formula is C12H10ClN3O3. The van der Waals surface area contributed by atoms with Crippen molar-refractivity contribution in [3.63, 3.8) is 0 Å². The normalized spacial score (nSPS) is 10.4. The van der Waals surface area contributed by atoms with Crippen LogP contribution < -0.4 is 11.2 Å². The number of amides is 2. The first-order chi connectivity index (χ1) is 9.08. The summed E-state index contributed by atoms with van der Waals surface area (Å²) in [6, 6.07) is 8.58. The molecule has 0 unspecified atom stereocenters. The van der Waals surface area contributed by atoms with Crippen molar-refractivity contribution in [2.75, 3.05) is 6.61 Å². The number of hydrogen-bond acceptors (Lipinski definition) is 4. The number of nitrogens with two attached hydrogens (primary N) is 1. The van der Waals surface area contributed by atoms with Crippen LogP contribution in [0.5, 0.6) is 0 Å². The SMILES string of the molecule is NC(=O)CONC(=O)c1cc(Cl)c2ccccc2n1. The van der Waals surface area contributed by atoms with Gasteiger partial charge in [0.15, 0.2) is 6.61 Å². The number of benzene rings is 1. The van der Waals surface area contributed by atoms with Crippen LogP contribution in [-0.2, 0) is 9.63 Å². The Morgan fingerprint density at radius 2 is 2.11 bits per heavy atom. The third kappa shape index (κ3) is 3.18. The predicted octanol–water partition coefficient (Wildman–Crippen LogP) is 1.03. The fourth-order valence-electron chi connectivity index (χ4n) is 1.47. The van der Waals surface area contributed by atoms with Gasteiger partial charge in [-0.2, -0.15) is 0 Å². The highest BCUT2D eigenvalue weighted by Crippen LogP contribution is 2.22. The van der Waals surface area contributed by atoms with Crippen molar-refractivity contribution in [1.29, 1.82) is 0 Å². The number of hydrogen-bond donors (Lipinski definition) is 2. The highest BCUT2D eigenvalue weighted by atomic mass is 35.5. The lowest BCUT2D eigenvalue weighted by molar-refractivity contribution is -0.124. The van der Waals surface area contributed by atoms with Crippen molar-refractivity contribution in [1.82, 2.24) is 10.5 Å². The minimum atomic E-state index is -0.690. The molecule has 0 aliphatic heterocycles. The van der Waals surface area contributed by atoms with E-state index >= 15 is 0 Å². The standard InChI is InChI=1S/C12H10ClN3O3/c13-8-5-10(12(18)16-19-6-11(14)17)15-9-4-2-1-3-7(8)9/h1-5H,6H2,(H2,14,17)(H,16,18). The van der Waals surface area contributed by atoms with Crippen LogP contribution >= 0.6 is 11.6 Å². The summed E-state index contributed by atoms with van der Waals surface area (Å²) in [5.41, 5.74) is 7.61. The maximum absolute atomic E-state index is 11.7. The molecule has 0 bridgehead atoms. The van der Waals surface area contributed by atoms with E-state index in [0.717, 1.165) is 5.39 Å². The summed E-state index contributed by atoms with van der Waals surface area (Å²) in [4.78, 5) is 30.9. The van der Waals surface area contributed by atoms with Gasteiger partial charge in [0.25, 0.3) is 5.91 Å². The number of pyridine rings is 1. The van der Waals surface area contributed by atoms with E-state index in [1.165, 1.54) is 6.07 Å². The molecule has 0 atom stereocenters. The average Bonchev–Trinajstić information content (AvgIpc) is 2.38. The summed E-state index contributed by atoms with van der Waals surface area (Å²) < 4.78 is 0. The van der Waals surface area contributed by atoms with Gasteiger partial charge in [-0.05, 0) is 12.1 Å². The summed E-state index contributed by atoms with van der Waals surface area (Å²) in [5, 5.41) is 1.16. The maximum atomic E-state index is 11.7. The molecule has 19 heavy (non-hydrogen) atoms. The number of carbonyl (C=O) groups is 2. The van der Waals surface area contributed by atoms with Crippen molar-refractivity contribution < 1.29 is 14.4 Å². The molecule has 0 saturated heterocycles. The van der Waals surface area contributed by atoms with E-state index in [-0.39, 0.29) is 5.69 Å². The third-order valence-electron chi connectivity index (χ3n) is 2.28. The predicted molar refractivity (Wildman–Crippen MR) is 69.4 cm³/mol. The van der Waals surface area contributed by atoms with Crippen LogP contribution in [0.1, 0.15) is 10.5 Å². The molecule has 6 nitrogen and oxygen atoms in total. The van der Waals surface area contributed by atoms with Crippen LogP contribution in [0.3, 0.4) is 0 Å². The molecule has 3 N–H and O–H groups in total. The van der Waals surface area contributed by atoms with Gasteiger partial charge in [0.1, 0.15) is 5.69 Å². The molecule has 98 valence electrons. The Balaban J connectivity index is 2.20. The number of para-hydroxylation sites is 1. The van der Waals surface area contributed by atoms with Gasteiger partial charge in [-0.25, -0.2) is 10.5 Å². The minimum Gasteiger partial charge on any atom is -0.368 e. The molecule has 0 spiro atoms. The Morgan fingerprint density at radius 3 is 2.84 bits per heavy atom. The van der Waals surface area contributed by atoms with E-state index in [1.807, 2.05) is 6.07 Å². The fraction of sp³-hybridized carbons (Fsp3) is 0.0833. The second kappa shape index (κ2) is 5.64. The number of rotatable bonds is 4. The van der Waals surface area contributed by atoms with Gasteiger partial charge in [0.2, 0.25) is 5.91 Å². The van der Waals surface area contributed by atoms with Gasteiger partial charge in [-0.15, -0.1) is 0 Å². The first kappa shape index (κ1) is 13.3. The fourth-order valence-corrected chi connectivity index (χ4v) is 1.74. The van der Waals surface area contributed by atoms with Crippen LogP contribution in [0.2, 0.25) is 5.02 Å². The number of nitrogens with zero attached hydrogens (tertiary/aromatic N) is 1. The first-order valence-electron chi connectivity index (χ1n) is 5.33. The average molecular weight is 280 g/mol. The van der Waals surface area contributed by atoms with Crippen molar-refractivity contribution >= 4 is 34.3 Å². The quantitative estimate of drug-likeness (QED) is 0.818. The molecule has 1 heterocycles. The van der Waals surface area contributed by atoms with E-state index < -0.39 is 18.4 Å². The second-order valence-electron chi connectivity index (χ2n) is 3.69. The number of nitrogens with one attached hydrogen (secondary N) is 1. The number of halogens is 1. The van der Waals surface area contributed by atoms with Crippen LogP contribution in [0.4, 0.5) is 0 Å². The molecule has 0 saturated carbocycles. The van der Waals surface area contributed by atoms with E-state index in [2.05, 4.69) is 15.3 Å². The third-order valence-corrected chi connectivity index (χ3v) is 2.59. The Kier molecular flexibility index (Phi) is 3.94. The van der Waals surface area contributed by atoms with Gasteiger partial charge < -0.3 is 5.73 Å². The zero-order valence-corrected chi connectivity index (χ0v) is 10.5. The van der Waals surface area contributed by atoms with E-state index in [9.17, 15) is 9.59 Å². The highest BCUT2D eigenvalue weighted by Gasteiger charge is 2.11. The molecule has 2 aromatic rings. The molecule has 0 radical (unpaired) electrons. The zero-order valence-electron chi connectivity index (χ0n) is 9.72. The van der Waals surface area contributed by atoms with Gasteiger partial charge >= 0.3 is 0 Å². The van der Waals surface area contributed by atoms with E-state index in [4.69, 9.17) is 17.3 Å². The van der Waals surface area contributed by atoms with Crippen LogP contribution in [0, 0.1) is 0 Å². The second-order valence-corrected chi connectivity index (χ2v) is 4.10. The number of carbonyl (C=O) groups excluding carboxylic acids is 2. The Bertz CT molecular complexity index is 645. The summed E-state index contributed by atoms with van der Waals surface area (Å²) in [6.07, 6.45) is 0. The van der Waals surface area contributed by atoms with E-state index in [0.29, 0.717) is 10.5 Å². The lowest BCUT2D eigenvalue weighted by Crippen LogP contribution is -2.29. The van der Waals surface area contributed by atoms with Gasteiger partial charge in [0.05, 0.1) is 10.5 Å². The zero-order chi connectivity index (χ0) is 13.8. The molecule has 2 amide bonds. The molecule has 0 fully saturated rings. The summed E-state index contributed by atoms with van der Waals surface area (Å²) in [6.45, 7) is -0.410.